The summed E-state index contributed by atoms with van der Waals surface area (Å²) in [5.41, 5.74) is 1.93. The Kier molecular flexibility index (Phi) is 5.04. The summed E-state index contributed by atoms with van der Waals surface area (Å²) >= 11 is 0. The number of anilines is 2. The van der Waals surface area contributed by atoms with Crippen molar-refractivity contribution in [3.05, 3.63) is 41.1 Å². The molecule has 0 atom stereocenters. The SMILES string of the molecule is Cc1nc2nc(C(F)(F)F)nn2c(C)c1CC(=O)Nc1cccnc1N1CCCC1. The molecular weight excluding hydrogens is 399 g/mol. The highest BCUT2D eigenvalue weighted by atomic mass is 19.4. The largest absolute Gasteiger partial charge is 0.453 e. The summed E-state index contributed by atoms with van der Waals surface area (Å²) in [7, 11) is 0. The van der Waals surface area contributed by atoms with Crippen LogP contribution in [0, 0.1) is 13.8 Å². The number of fused-ring (bicyclic) bond motifs is 1. The molecule has 8 nitrogen and oxygen atoms in total. The second kappa shape index (κ2) is 7.54. The van der Waals surface area contributed by atoms with E-state index in [0.717, 1.165) is 36.3 Å². The van der Waals surface area contributed by atoms with Gasteiger partial charge < -0.3 is 10.2 Å². The van der Waals surface area contributed by atoms with Gasteiger partial charge in [0, 0.05) is 36.2 Å². The highest BCUT2D eigenvalue weighted by Gasteiger charge is 2.37. The predicted octanol–water partition coefficient (Wildman–Crippen LogP) is 2.94. The molecule has 0 bridgehead atoms. The van der Waals surface area contributed by atoms with Crippen molar-refractivity contribution in [1.82, 2.24) is 24.6 Å². The van der Waals surface area contributed by atoms with E-state index in [2.05, 4.69) is 30.3 Å². The quantitative estimate of drug-likeness (QED) is 0.700. The monoisotopic (exact) mass is 419 g/mol. The first-order chi connectivity index (χ1) is 14.2. The molecule has 1 aliphatic heterocycles. The molecule has 0 unspecified atom stereocenters. The minimum absolute atomic E-state index is 0.0594. The van der Waals surface area contributed by atoms with Crippen molar-refractivity contribution < 1.29 is 18.0 Å². The van der Waals surface area contributed by atoms with Crippen molar-refractivity contribution in [2.24, 2.45) is 0 Å². The van der Waals surface area contributed by atoms with Crippen LogP contribution in [0.5, 0.6) is 0 Å². The van der Waals surface area contributed by atoms with Crippen LogP contribution >= 0.6 is 0 Å². The molecule has 0 radical (unpaired) electrons. The number of carbonyl (C=O) groups excluding carboxylic acids is 1. The van der Waals surface area contributed by atoms with Crippen LogP contribution < -0.4 is 10.2 Å². The van der Waals surface area contributed by atoms with Crippen LogP contribution in [-0.2, 0) is 17.4 Å². The van der Waals surface area contributed by atoms with Gasteiger partial charge in [-0.2, -0.15) is 18.2 Å². The van der Waals surface area contributed by atoms with Gasteiger partial charge in [-0.05, 0) is 38.8 Å². The molecule has 3 aromatic heterocycles. The summed E-state index contributed by atoms with van der Waals surface area (Å²) in [5, 5.41) is 6.38. The molecule has 1 amide bonds. The number of nitrogens with one attached hydrogen (secondary N) is 1. The number of pyridine rings is 1. The van der Waals surface area contributed by atoms with E-state index in [4.69, 9.17) is 0 Å². The molecule has 1 N–H and O–H groups in total. The Hall–Kier alpha value is -3.24. The van der Waals surface area contributed by atoms with Crippen molar-refractivity contribution in [2.75, 3.05) is 23.3 Å². The van der Waals surface area contributed by atoms with Crippen molar-refractivity contribution in [1.29, 1.82) is 0 Å². The van der Waals surface area contributed by atoms with Crippen LogP contribution in [0.25, 0.3) is 5.78 Å². The Labute approximate surface area is 170 Å². The number of rotatable bonds is 4. The fourth-order valence-electron chi connectivity index (χ4n) is 3.61. The average molecular weight is 419 g/mol. The summed E-state index contributed by atoms with van der Waals surface area (Å²) in [6, 6.07) is 3.53. The molecule has 3 aromatic rings. The normalized spacial score (nSPS) is 14.5. The number of amides is 1. The molecular formula is C19H20F3N7O. The summed E-state index contributed by atoms with van der Waals surface area (Å²) in [4.78, 5) is 26.8. The van der Waals surface area contributed by atoms with E-state index in [1.807, 2.05) is 0 Å². The van der Waals surface area contributed by atoms with E-state index in [1.54, 1.807) is 32.2 Å². The molecule has 4 rings (SSSR count). The zero-order chi connectivity index (χ0) is 21.5. The fourth-order valence-corrected chi connectivity index (χ4v) is 3.61. The molecule has 1 saturated heterocycles. The van der Waals surface area contributed by atoms with Gasteiger partial charge in [0.15, 0.2) is 5.82 Å². The van der Waals surface area contributed by atoms with Gasteiger partial charge in [0.2, 0.25) is 5.91 Å². The number of carbonyl (C=O) groups is 1. The van der Waals surface area contributed by atoms with Crippen LogP contribution in [-0.4, -0.2) is 43.6 Å². The zero-order valence-electron chi connectivity index (χ0n) is 16.5. The number of hydrogen-bond acceptors (Lipinski definition) is 6. The smallest absolute Gasteiger partial charge is 0.355 e. The van der Waals surface area contributed by atoms with Gasteiger partial charge in [-0.15, -0.1) is 5.10 Å². The summed E-state index contributed by atoms with van der Waals surface area (Å²) < 4.78 is 39.8. The lowest BCUT2D eigenvalue weighted by Crippen LogP contribution is -2.23. The van der Waals surface area contributed by atoms with Gasteiger partial charge in [-0.1, -0.05) is 0 Å². The van der Waals surface area contributed by atoms with Crippen molar-refractivity contribution in [3.8, 4) is 0 Å². The Morgan fingerprint density at radius 3 is 2.63 bits per heavy atom. The van der Waals surface area contributed by atoms with Crippen LogP contribution in [0.1, 0.15) is 35.6 Å². The Balaban J connectivity index is 1.59. The second-order valence-electron chi connectivity index (χ2n) is 7.20. The molecule has 0 spiro atoms. The van der Waals surface area contributed by atoms with Gasteiger partial charge in [0.1, 0.15) is 0 Å². The molecule has 1 aliphatic rings. The maximum absolute atomic E-state index is 12.9. The standard InChI is InChI=1S/C19H20F3N7O/c1-11-13(12(2)29-18(24-11)26-17(27-29)19(20,21)22)10-15(30)25-14-6-5-7-23-16(14)28-8-3-4-9-28/h5-7H,3-4,8-10H2,1-2H3,(H,25,30). The van der Waals surface area contributed by atoms with Gasteiger partial charge in [-0.3, -0.25) is 4.79 Å². The molecule has 0 aromatic carbocycles. The van der Waals surface area contributed by atoms with E-state index in [1.165, 1.54) is 0 Å². The Morgan fingerprint density at radius 1 is 1.20 bits per heavy atom. The fraction of sp³-hybridized carbons (Fsp3) is 0.421. The van der Waals surface area contributed by atoms with Crippen LogP contribution in [0.4, 0.5) is 24.7 Å². The number of hydrogen-bond donors (Lipinski definition) is 1. The predicted molar refractivity (Wildman–Crippen MR) is 103 cm³/mol. The van der Waals surface area contributed by atoms with Crippen molar-refractivity contribution in [3.63, 3.8) is 0 Å². The summed E-state index contributed by atoms with van der Waals surface area (Å²) in [6.45, 7) is 5.00. The maximum atomic E-state index is 12.9. The molecule has 0 aliphatic carbocycles. The molecule has 0 saturated carbocycles. The van der Waals surface area contributed by atoms with Crippen LogP contribution in [0.2, 0.25) is 0 Å². The number of aryl methyl sites for hydroxylation is 2. The lowest BCUT2D eigenvalue weighted by Gasteiger charge is -2.20. The Bertz CT molecular complexity index is 1100. The molecule has 158 valence electrons. The third-order valence-corrected chi connectivity index (χ3v) is 5.11. The molecule has 30 heavy (non-hydrogen) atoms. The van der Waals surface area contributed by atoms with E-state index in [9.17, 15) is 18.0 Å². The third kappa shape index (κ3) is 3.79. The van der Waals surface area contributed by atoms with Crippen LogP contribution in [0.3, 0.4) is 0 Å². The third-order valence-electron chi connectivity index (χ3n) is 5.11. The first kappa shape index (κ1) is 20.0. The lowest BCUT2D eigenvalue weighted by molar-refractivity contribution is -0.144. The van der Waals surface area contributed by atoms with Gasteiger partial charge in [-0.25, -0.2) is 14.5 Å². The Morgan fingerprint density at radius 2 is 1.93 bits per heavy atom. The molecule has 1 fully saturated rings. The molecule has 4 heterocycles. The summed E-state index contributed by atoms with van der Waals surface area (Å²) in [6.07, 6.45) is -0.899. The number of nitrogens with zero attached hydrogens (tertiary/aromatic N) is 6. The number of halogens is 3. The average Bonchev–Trinajstić information content (AvgIpc) is 3.35. The lowest BCUT2D eigenvalue weighted by atomic mass is 10.1. The summed E-state index contributed by atoms with van der Waals surface area (Å²) in [5.74, 6) is -1.00. The van der Waals surface area contributed by atoms with Gasteiger partial charge in [0.25, 0.3) is 11.6 Å². The van der Waals surface area contributed by atoms with Gasteiger partial charge >= 0.3 is 6.18 Å². The maximum Gasteiger partial charge on any atom is 0.453 e. The highest BCUT2D eigenvalue weighted by Crippen LogP contribution is 2.28. The topological polar surface area (TPSA) is 88.3 Å². The minimum atomic E-state index is -4.67. The second-order valence-corrected chi connectivity index (χ2v) is 7.20. The van der Waals surface area contributed by atoms with Gasteiger partial charge in [0.05, 0.1) is 12.1 Å². The van der Waals surface area contributed by atoms with E-state index < -0.39 is 12.0 Å². The first-order valence-electron chi connectivity index (χ1n) is 9.54. The minimum Gasteiger partial charge on any atom is -0.355 e. The molecule has 11 heteroatoms. The van der Waals surface area contributed by atoms with Crippen LogP contribution in [0.15, 0.2) is 18.3 Å². The van der Waals surface area contributed by atoms with Crippen molar-refractivity contribution in [2.45, 2.75) is 39.3 Å². The first-order valence-corrected chi connectivity index (χ1v) is 9.54. The van der Waals surface area contributed by atoms with E-state index in [-0.39, 0.29) is 18.1 Å². The van der Waals surface area contributed by atoms with E-state index in [0.29, 0.717) is 22.6 Å². The van der Waals surface area contributed by atoms with Crippen molar-refractivity contribution >= 4 is 23.2 Å². The number of alkyl halides is 3. The highest BCUT2D eigenvalue weighted by molar-refractivity contribution is 5.95. The number of aromatic nitrogens is 5. The van der Waals surface area contributed by atoms with E-state index >= 15 is 0 Å². The zero-order valence-corrected chi connectivity index (χ0v) is 16.5.